The van der Waals surface area contributed by atoms with Crippen LogP contribution < -0.4 is 5.32 Å². The molecule has 0 saturated heterocycles. The van der Waals surface area contributed by atoms with Gasteiger partial charge in [-0.3, -0.25) is 4.79 Å². The fraction of sp³-hybridized carbons (Fsp3) is 0.105. The number of nitrogens with one attached hydrogen (secondary N) is 1. The van der Waals surface area contributed by atoms with Gasteiger partial charge in [0.1, 0.15) is 12.0 Å². The zero-order valence-electron chi connectivity index (χ0n) is 13.1. The number of carbonyl (C=O) groups excluding carboxylic acids is 1. The third kappa shape index (κ3) is 3.60. The van der Waals surface area contributed by atoms with Gasteiger partial charge in [0.05, 0.1) is 11.7 Å². The van der Waals surface area contributed by atoms with E-state index in [0.717, 1.165) is 11.1 Å². The van der Waals surface area contributed by atoms with Crippen LogP contribution in [-0.2, 0) is 0 Å². The summed E-state index contributed by atoms with van der Waals surface area (Å²) in [6.07, 6.45) is 1.40. The van der Waals surface area contributed by atoms with E-state index in [-0.39, 0.29) is 11.9 Å². The van der Waals surface area contributed by atoms with Crippen molar-refractivity contribution in [1.82, 2.24) is 15.3 Å². The molecule has 24 heavy (non-hydrogen) atoms. The third-order valence-electron chi connectivity index (χ3n) is 3.69. The summed E-state index contributed by atoms with van der Waals surface area (Å²) in [6, 6.07) is 18.6. The Kier molecular flexibility index (Phi) is 4.87. The summed E-state index contributed by atoms with van der Waals surface area (Å²) in [4.78, 5) is 20.8. The lowest BCUT2D eigenvalue weighted by Gasteiger charge is -2.15. The van der Waals surface area contributed by atoms with Crippen LogP contribution >= 0.6 is 11.6 Å². The number of aromatic nitrogens is 2. The second-order valence-corrected chi connectivity index (χ2v) is 5.78. The summed E-state index contributed by atoms with van der Waals surface area (Å²) < 4.78 is 0. The smallest absolute Gasteiger partial charge is 0.270 e. The van der Waals surface area contributed by atoms with Gasteiger partial charge in [-0.05, 0) is 24.6 Å². The Morgan fingerprint density at radius 3 is 2.50 bits per heavy atom. The number of nitrogens with zero attached hydrogens (tertiary/aromatic N) is 2. The number of hydrogen-bond donors (Lipinski definition) is 1. The fourth-order valence-corrected chi connectivity index (χ4v) is 2.72. The van der Waals surface area contributed by atoms with E-state index in [1.807, 2.05) is 55.5 Å². The number of amides is 1. The van der Waals surface area contributed by atoms with Gasteiger partial charge in [-0.2, -0.15) is 0 Å². The first-order valence-electron chi connectivity index (χ1n) is 7.58. The van der Waals surface area contributed by atoms with Crippen LogP contribution in [0.2, 0.25) is 5.02 Å². The predicted molar refractivity (Wildman–Crippen MR) is 94.8 cm³/mol. The Morgan fingerprint density at radius 2 is 1.75 bits per heavy atom. The van der Waals surface area contributed by atoms with Gasteiger partial charge in [0.2, 0.25) is 0 Å². The highest BCUT2D eigenvalue weighted by atomic mass is 35.5. The molecule has 0 bridgehead atoms. The maximum Gasteiger partial charge on any atom is 0.270 e. The summed E-state index contributed by atoms with van der Waals surface area (Å²) in [5.41, 5.74) is 2.84. The zero-order chi connectivity index (χ0) is 16.9. The number of halogens is 1. The van der Waals surface area contributed by atoms with Crippen molar-refractivity contribution in [2.24, 2.45) is 0 Å². The van der Waals surface area contributed by atoms with Gasteiger partial charge in [0.25, 0.3) is 5.91 Å². The highest BCUT2D eigenvalue weighted by molar-refractivity contribution is 6.31. The number of carbonyl (C=O) groups is 1. The lowest BCUT2D eigenvalue weighted by Crippen LogP contribution is -2.27. The maximum atomic E-state index is 12.5. The Labute approximate surface area is 145 Å². The van der Waals surface area contributed by atoms with Crippen molar-refractivity contribution in [3.8, 4) is 11.3 Å². The molecule has 1 unspecified atom stereocenters. The third-order valence-corrected chi connectivity index (χ3v) is 4.03. The molecule has 0 aliphatic carbocycles. The monoisotopic (exact) mass is 337 g/mol. The summed E-state index contributed by atoms with van der Waals surface area (Å²) in [5, 5.41) is 3.54. The largest absolute Gasteiger partial charge is 0.344 e. The van der Waals surface area contributed by atoms with E-state index in [4.69, 9.17) is 11.6 Å². The predicted octanol–water partition coefficient (Wildman–Crippen LogP) is 4.29. The van der Waals surface area contributed by atoms with E-state index < -0.39 is 0 Å². The Bertz CT molecular complexity index is 852. The molecule has 3 rings (SSSR count). The molecule has 0 aliphatic rings. The van der Waals surface area contributed by atoms with Gasteiger partial charge in [0, 0.05) is 10.6 Å². The summed E-state index contributed by atoms with van der Waals surface area (Å²) >= 11 is 6.18. The Balaban J connectivity index is 1.80. The minimum atomic E-state index is -0.262. The van der Waals surface area contributed by atoms with E-state index in [1.165, 1.54) is 6.33 Å². The molecular weight excluding hydrogens is 322 g/mol. The number of benzene rings is 2. The van der Waals surface area contributed by atoms with Crippen molar-refractivity contribution >= 4 is 17.5 Å². The molecule has 0 saturated carbocycles. The van der Waals surface area contributed by atoms with Crippen LogP contribution in [-0.4, -0.2) is 15.9 Å². The highest BCUT2D eigenvalue weighted by Crippen LogP contribution is 2.22. The zero-order valence-corrected chi connectivity index (χ0v) is 13.9. The van der Waals surface area contributed by atoms with Crippen molar-refractivity contribution < 1.29 is 4.79 Å². The molecule has 120 valence electrons. The van der Waals surface area contributed by atoms with Gasteiger partial charge in [-0.1, -0.05) is 60.1 Å². The highest BCUT2D eigenvalue weighted by Gasteiger charge is 2.15. The molecule has 1 atom stereocenters. The SMILES string of the molecule is CC(NC(=O)c1cc(-c2ccccc2)ncn1)c1ccccc1Cl. The molecule has 1 heterocycles. The van der Waals surface area contributed by atoms with Crippen LogP contribution in [0.4, 0.5) is 0 Å². The van der Waals surface area contributed by atoms with Crippen LogP contribution in [0.5, 0.6) is 0 Å². The number of hydrogen-bond acceptors (Lipinski definition) is 3. The average Bonchev–Trinajstić information content (AvgIpc) is 2.63. The molecule has 0 spiro atoms. The van der Waals surface area contributed by atoms with Crippen molar-refractivity contribution in [2.45, 2.75) is 13.0 Å². The van der Waals surface area contributed by atoms with Crippen molar-refractivity contribution in [3.63, 3.8) is 0 Å². The summed E-state index contributed by atoms with van der Waals surface area (Å²) in [5.74, 6) is -0.262. The van der Waals surface area contributed by atoms with Crippen molar-refractivity contribution in [1.29, 1.82) is 0 Å². The first-order chi connectivity index (χ1) is 11.6. The van der Waals surface area contributed by atoms with Crippen LogP contribution in [0.3, 0.4) is 0 Å². The minimum absolute atomic E-state index is 0.221. The maximum absolute atomic E-state index is 12.5. The molecule has 4 nitrogen and oxygen atoms in total. The fourth-order valence-electron chi connectivity index (χ4n) is 2.42. The van der Waals surface area contributed by atoms with E-state index in [9.17, 15) is 4.79 Å². The molecule has 1 N–H and O–H groups in total. The number of rotatable bonds is 4. The first kappa shape index (κ1) is 16.1. The van der Waals surface area contributed by atoms with Crippen molar-refractivity contribution in [2.75, 3.05) is 0 Å². The molecule has 0 fully saturated rings. The molecule has 3 aromatic rings. The first-order valence-corrected chi connectivity index (χ1v) is 7.95. The van der Waals surface area contributed by atoms with Crippen LogP contribution in [0.1, 0.15) is 29.0 Å². The second-order valence-electron chi connectivity index (χ2n) is 5.37. The molecule has 0 aliphatic heterocycles. The lowest BCUT2D eigenvalue weighted by atomic mass is 10.1. The van der Waals surface area contributed by atoms with Gasteiger partial charge in [-0.15, -0.1) is 0 Å². The van der Waals surface area contributed by atoms with Crippen LogP contribution in [0, 0.1) is 0 Å². The topological polar surface area (TPSA) is 54.9 Å². The molecule has 0 radical (unpaired) electrons. The molecule has 1 amide bonds. The molecular formula is C19H16ClN3O. The molecule has 1 aromatic heterocycles. The van der Waals surface area contributed by atoms with Crippen LogP contribution in [0.15, 0.2) is 67.0 Å². The van der Waals surface area contributed by atoms with Gasteiger partial charge in [0.15, 0.2) is 0 Å². The summed E-state index contributed by atoms with van der Waals surface area (Å²) in [6.45, 7) is 1.89. The normalized spacial score (nSPS) is 11.8. The van der Waals surface area contributed by atoms with Gasteiger partial charge in [-0.25, -0.2) is 9.97 Å². The Hall–Kier alpha value is -2.72. The quantitative estimate of drug-likeness (QED) is 0.772. The van der Waals surface area contributed by atoms with E-state index in [0.29, 0.717) is 16.4 Å². The van der Waals surface area contributed by atoms with Crippen molar-refractivity contribution in [3.05, 3.63) is 83.3 Å². The van der Waals surface area contributed by atoms with E-state index >= 15 is 0 Å². The van der Waals surface area contributed by atoms with E-state index in [1.54, 1.807) is 12.1 Å². The molecule has 5 heteroatoms. The Morgan fingerprint density at radius 1 is 1.04 bits per heavy atom. The lowest BCUT2D eigenvalue weighted by molar-refractivity contribution is 0.0934. The van der Waals surface area contributed by atoms with Gasteiger partial charge < -0.3 is 5.32 Å². The minimum Gasteiger partial charge on any atom is -0.344 e. The standard InChI is InChI=1S/C19H16ClN3O/c1-13(15-9-5-6-10-16(15)20)23-19(24)18-11-17(21-12-22-18)14-7-3-2-4-8-14/h2-13H,1H3,(H,23,24). The molecule has 2 aromatic carbocycles. The van der Waals surface area contributed by atoms with Gasteiger partial charge >= 0.3 is 0 Å². The summed E-state index contributed by atoms with van der Waals surface area (Å²) in [7, 11) is 0. The van der Waals surface area contributed by atoms with E-state index in [2.05, 4.69) is 15.3 Å². The average molecular weight is 338 g/mol. The van der Waals surface area contributed by atoms with Crippen LogP contribution in [0.25, 0.3) is 11.3 Å². The second kappa shape index (κ2) is 7.23.